The highest BCUT2D eigenvalue weighted by molar-refractivity contribution is 5.47. The number of anilines is 1. The van der Waals surface area contributed by atoms with Gasteiger partial charge in [-0.2, -0.15) is 0 Å². The molecule has 0 saturated carbocycles. The molecule has 1 aromatic heterocycles. The normalized spacial score (nSPS) is 19.3. The number of nitrogens with two attached hydrogens (primary N) is 1. The molecule has 0 unspecified atom stereocenters. The lowest BCUT2D eigenvalue weighted by atomic mass is 9.73. The zero-order chi connectivity index (χ0) is 21.6. The summed E-state index contributed by atoms with van der Waals surface area (Å²) in [6.45, 7) is 3.56. The third kappa shape index (κ3) is 3.24. The molecule has 2 aromatic carbocycles. The van der Waals surface area contributed by atoms with Crippen LogP contribution in [0.4, 0.5) is 5.82 Å². The Kier molecular flexibility index (Phi) is 4.68. The molecule has 31 heavy (non-hydrogen) atoms. The minimum absolute atomic E-state index is 0.0252. The van der Waals surface area contributed by atoms with E-state index in [1.807, 2.05) is 43.3 Å². The Morgan fingerprint density at radius 3 is 2.55 bits per heavy atom. The Morgan fingerprint density at radius 2 is 1.87 bits per heavy atom. The van der Waals surface area contributed by atoms with Gasteiger partial charge in [-0.3, -0.25) is 9.36 Å². The molecular weight excluding hydrogens is 384 g/mol. The molecule has 5 nitrogen and oxygen atoms in total. The van der Waals surface area contributed by atoms with Gasteiger partial charge in [0.05, 0.1) is 5.69 Å². The maximum Gasteiger partial charge on any atom is 0.260 e. The summed E-state index contributed by atoms with van der Waals surface area (Å²) < 4.78 is 1.65. The van der Waals surface area contributed by atoms with Crippen LogP contribution in [0.1, 0.15) is 41.4 Å². The molecule has 0 amide bonds. The van der Waals surface area contributed by atoms with Gasteiger partial charge in [-0.1, -0.05) is 30.2 Å². The molecule has 1 saturated heterocycles. The maximum absolute atomic E-state index is 12.9. The summed E-state index contributed by atoms with van der Waals surface area (Å²) >= 11 is 0. The monoisotopic (exact) mass is 410 g/mol. The van der Waals surface area contributed by atoms with Gasteiger partial charge in [0.2, 0.25) is 0 Å². The summed E-state index contributed by atoms with van der Waals surface area (Å²) in [5.74, 6) is 4.18. The van der Waals surface area contributed by atoms with E-state index in [1.165, 1.54) is 11.1 Å². The second-order valence-corrected chi connectivity index (χ2v) is 8.73. The minimum atomic E-state index is -0.0548. The molecule has 2 N–H and O–H groups in total. The number of hydrogen-bond acceptors (Lipinski definition) is 4. The minimum Gasteiger partial charge on any atom is -0.356 e. The van der Waals surface area contributed by atoms with Crippen molar-refractivity contribution in [1.82, 2.24) is 9.55 Å². The first-order valence-electron chi connectivity index (χ1n) is 10.8. The van der Waals surface area contributed by atoms with Gasteiger partial charge < -0.3 is 10.6 Å². The van der Waals surface area contributed by atoms with Crippen molar-refractivity contribution in [3.05, 3.63) is 87.5 Å². The van der Waals surface area contributed by atoms with E-state index < -0.39 is 0 Å². The van der Waals surface area contributed by atoms with Crippen LogP contribution in [0.15, 0.2) is 59.4 Å². The topological polar surface area (TPSA) is 64.2 Å². The standard InChI is InChI=1S/C26H26N4O/c1-3-19-9-10-22-20(15-19)17-26(25(22)27)11-13-29(14-12-26)23-16-24(31)30(18(2)28-23)21-7-5-4-6-8-21/h1,4-10,15-16,25H,11-14,17,27H2,2H3/t25-/m1/s1. The summed E-state index contributed by atoms with van der Waals surface area (Å²) in [4.78, 5) is 19.9. The molecule has 3 aromatic rings. The van der Waals surface area contributed by atoms with Crippen LogP contribution >= 0.6 is 0 Å². The van der Waals surface area contributed by atoms with Crippen molar-refractivity contribution in [1.29, 1.82) is 0 Å². The van der Waals surface area contributed by atoms with Crippen LogP contribution in [0.5, 0.6) is 0 Å². The van der Waals surface area contributed by atoms with Crippen LogP contribution in [-0.2, 0) is 6.42 Å². The largest absolute Gasteiger partial charge is 0.356 e. The van der Waals surface area contributed by atoms with Crippen molar-refractivity contribution in [3.63, 3.8) is 0 Å². The van der Waals surface area contributed by atoms with E-state index in [-0.39, 0.29) is 17.0 Å². The fourth-order valence-electron chi connectivity index (χ4n) is 5.28. The van der Waals surface area contributed by atoms with Gasteiger partial charge in [0.15, 0.2) is 0 Å². The number of piperidine rings is 1. The van der Waals surface area contributed by atoms with Crippen LogP contribution < -0.4 is 16.2 Å². The zero-order valence-corrected chi connectivity index (χ0v) is 17.7. The van der Waals surface area contributed by atoms with Crippen molar-refractivity contribution < 1.29 is 0 Å². The number of para-hydroxylation sites is 1. The summed E-state index contributed by atoms with van der Waals surface area (Å²) in [6.07, 6.45) is 8.49. The molecule has 1 aliphatic heterocycles. The molecule has 156 valence electrons. The number of terminal acetylenes is 1. The number of benzene rings is 2. The van der Waals surface area contributed by atoms with Crippen LogP contribution in [0.3, 0.4) is 0 Å². The fraction of sp³-hybridized carbons (Fsp3) is 0.308. The van der Waals surface area contributed by atoms with E-state index in [0.717, 1.165) is 49.4 Å². The van der Waals surface area contributed by atoms with Gasteiger partial charge in [0.25, 0.3) is 5.56 Å². The smallest absolute Gasteiger partial charge is 0.260 e. The molecule has 1 atom stereocenters. The summed E-state index contributed by atoms with van der Waals surface area (Å²) in [5, 5.41) is 0. The van der Waals surface area contributed by atoms with Crippen LogP contribution in [-0.4, -0.2) is 22.6 Å². The van der Waals surface area contributed by atoms with Crippen molar-refractivity contribution in [2.45, 2.75) is 32.2 Å². The Hall–Kier alpha value is -3.36. The first-order chi connectivity index (χ1) is 15.0. The number of fused-ring (bicyclic) bond motifs is 1. The molecule has 1 spiro atoms. The van der Waals surface area contributed by atoms with Gasteiger partial charge in [-0.25, -0.2) is 4.98 Å². The molecule has 0 bridgehead atoms. The van der Waals surface area contributed by atoms with Crippen LogP contribution in [0.25, 0.3) is 5.69 Å². The van der Waals surface area contributed by atoms with E-state index >= 15 is 0 Å². The first kappa shape index (κ1) is 19.6. The molecular formula is C26H26N4O. The number of aryl methyl sites for hydroxylation is 1. The summed E-state index contributed by atoms with van der Waals surface area (Å²) in [6, 6.07) is 17.5. The summed E-state index contributed by atoms with van der Waals surface area (Å²) in [7, 11) is 0. The number of nitrogens with zero attached hydrogens (tertiary/aromatic N) is 3. The lowest BCUT2D eigenvalue weighted by Gasteiger charge is -2.42. The van der Waals surface area contributed by atoms with E-state index in [0.29, 0.717) is 5.82 Å². The molecule has 0 radical (unpaired) electrons. The van der Waals surface area contributed by atoms with E-state index in [2.05, 4.69) is 23.0 Å². The van der Waals surface area contributed by atoms with Gasteiger partial charge >= 0.3 is 0 Å². The fourth-order valence-corrected chi connectivity index (χ4v) is 5.28. The quantitative estimate of drug-likeness (QED) is 0.658. The van der Waals surface area contributed by atoms with E-state index in [9.17, 15) is 4.79 Å². The van der Waals surface area contributed by atoms with Gasteiger partial charge in [-0.15, -0.1) is 6.42 Å². The van der Waals surface area contributed by atoms with Crippen LogP contribution in [0, 0.1) is 24.7 Å². The highest BCUT2D eigenvalue weighted by Gasteiger charge is 2.46. The lowest BCUT2D eigenvalue weighted by Crippen LogP contribution is -2.45. The highest BCUT2D eigenvalue weighted by atomic mass is 16.1. The van der Waals surface area contributed by atoms with Crippen molar-refractivity contribution >= 4 is 5.82 Å². The highest BCUT2D eigenvalue weighted by Crippen LogP contribution is 2.51. The zero-order valence-electron chi connectivity index (χ0n) is 17.7. The van der Waals surface area contributed by atoms with Gasteiger partial charge in [0, 0.05) is 30.8 Å². The Bertz CT molecular complexity index is 1230. The summed E-state index contributed by atoms with van der Waals surface area (Å²) in [5.41, 5.74) is 11.0. The molecule has 1 aliphatic carbocycles. The first-order valence-corrected chi connectivity index (χ1v) is 10.8. The Labute approximate surface area is 182 Å². The van der Waals surface area contributed by atoms with Gasteiger partial charge in [-0.05, 0) is 67.0 Å². The Morgan fingerprint density at radius 1 is 1.13 bits per heavy atom. The number of aromatic nitrogens is 2. The second kappa shape index (κ2) is 7.40. The molecule has 1 fully saturated rings. The molecule has 5 heteroatoms. The third-order valence-corrected chi connectivity index (χ3v) is 7.02. The maximum atomic E-state index is 12.9. The molecule has 2 aliphatic rings. The van der Waals surface area contributed by atoms with Crippen LogP contribution in [0.2, 0.25) is 0 Å². The Balaban J connectivity index is 1.37. The SMILES string of the molecule is C#Cc1ccc2c(c1)CC1(CCN(c3cc(=O)n(-c4ccccc4)c(C)n3)CC1)[C@@H]2N. The lowest BCUT2D eigenvalue weighted by molar-refractivity contribution is 0.187. The third-order valence-electron chi connectivity index (χ3n) is 7.02. The van der Waals surface area contributed by atoms with E-state index in [1.54, 1.807) is 10.6 Å². The average Bonchev–Trinajstić information content (AvgIpc) is 3.05. The van der Waals surface area contributed by atoms with Crippen molar-refractivity contribution in [2.24, 2.45) is 11.1 Å². The molecule has 2 heterocycles. The van der Waals surface area contributed by atoms with Crippen molar-refractivity contribution in [3.8, 4) is 18.0 Å². The van der Waals surface area contributed by atoms with Crippen molar-refractivity contribution in [2.75, 3.05) is 18.0 Å². The average molecular weight is 411 g/mol. The number of hydrogen-bond donors (Lipinski definition) is 1. The van der Waals surface area contributed by atoms with E-state index in [4.69, 9.17) is 17.1 Å². The second-order valence-electron chi connectivity index (χ2n) is 8.73. The van der Waals surface area contributed by atoms with Gasteiger partial charge in [0.1, 0.15) is 11.6 Å². The molecule has 5 rings (SSSR count). The number of rotatable bonds is 2. The predicted octanol–water partition coefficient (Wildman–Crippen LogP) is 3.36. The predicted molar refractivity (Wildman–Crippen MR) is 123 cm³/mol.